The number of ether oxygens (including phenoxy) is 1. The van der Waals surface area contributed by atoms with Crippen molar-refractivity contribution in [2.75, 3.05) is 30.0 Å². The second-order valence-electron chi connectivity index (χ2n) is 8.97. The first kappa shape index (κ1) is 20.6. The van der Waals surface area contributed by atoms with E-state index in [1.807, 2.05) is 32.9 Å². The van der Waals surface area contributed by atoms with Gasteiger partial charge in [0.25, 0.3) is 5.91 Å². The summed E-state index contributed by atoms with van der Waals surface area (Å²) in [6.07, 6.45) is 5.19. The minimum atomic E-state index is -0.718. The topological polar surface area (TPSA) is 109 Å². The molecule has 0 saturated carbocycles. The van der Waals surface area contributed by atoms with Crippen molar-refractivity contribution in [2.45, 2.75) is 39.2 Å². The zero-order chi connectivity index (χ0) is 22.3. The highest BCUT2D eigenvalue weighted by Gasteiger charge is 2.42. The Labute approximate surface area is 188 Å². The smallest absolute Gasteiger partial charge is 0.250 e. The van der Waals surface area contributed by atoms with Crippen LogP contribution in [0.15, 0.2) is 30.7 Å². The maximum Gasteiger partial charge on any atom is 0.250 e. The molecule has 2 aromatic heterocycles. The number of nitrogens with zero attached hydrogens (tertiary/aromatic N) is 5. The number of aromatic nitrogens is 5. The lowest BCUT2D eigenvalue weighted by molar-refractivity contribution is -0.120. The van der Waals surface area contributed by atoms with Gasteiger partial charge in [0.05, 0.1) is 11.9 Å². The molecule has 2 aliphatic rings. The van der Waals surface area contributed by atoms with Crippen molar-refractivity contribution < 1.29 is 11.0 Å². The van der Waals surface area contributed by atoms with Crippen molar-refractivity contribution in [3.8, 4) is 22.6 Å². The minimum absolute atomic E-state index is 0. The predicted molar refractivity (Wildman–Crippen MR) is 123 cm³/mol. The fraction of sp³-hybridized carbons (Fsp3) is 0.435. The monoisotopic (exact) mass is 435 g/mol. The highest BCUT2D eigenvalue weighted by molar-refractivity contribution is 6.04. The molecule has 5 rings (SSSR count). The Morgan fingerprint density at radius 3 is 2.78 bits per heavy atom. The molecule has 2 N–H and O–H groups in total. The number of aromatic amines is 1. The van der Waals surface area contributed by atoms with Crippen LogP contribution in [0.25, 0.3) is 22.6 Å². The molecule has 9 heteroatoms. The molecule has 0 spiro atoms. The molecule has 168 valence electrons. The third-order valence-electron chi connectivity index (χ3n) is 6.44. The molecular formula is C23H29N7O2. The average molecular weight is 436 g/mol. The highest BCUT2D eigenvalue weighted by atomic mass is 16.5. The SMILES string of the molecule is Cc1cc(-c2ncn[nH]2)ccc1-c1cnc2c(n1)N(CC1CCOCC1)C(C)(C)C(=O)N2.[HH]. The van der Waals surface area contributed by atoms with Crippen LogP contribution in [-0.2, 0) is 9.53 Å². The molecule has 1 saturated heterocycles. The van der Waals surface area contributed by atoms with E-state index in [2.05, 4.69) is 36.4 Å². The van der Waals surface area contributed by atoms with Crippen LogP contribution in [-0.4, -0.2) is 56.4 Å². The third kappa shape index (κ3) is 3.62. The van der Waals surface area contributed by atoms with Gasteiger partial charge in [0, 0.05) is 32.3 Å². The van der Waals surface area contributed by atoms with Gasteiger partial charge in [0.1, 0.15) is 11.9 Å². The number of hydrogen-bond acceptors (Lipinski definition) is 7. The lowest BCUT2D eigenvalue weighted by atomic mass is 9.93. The summed E-state index contributed by atoms with van der Waals surface area (Å²) >= 11 is 0. The van der Waals surface area contributed by atoms with Crippen LogP contribution in [0.2, 0.25) is 0 Å². The fourth-order valence-corrected chi connectivity index (χ4v) is 4.38. The number of anilines is 2. The molecule has 1 aromatic carbocycles. The summed E-state index contributed by atoms with van der Waals surface area (Å²) in [5.74, 6) is 2.35. The Hall–Kier alpha value is -3.33. The van der Waals surface area contributed by atoms with Crippen LogP contribution in [0.5, 0.6) is 0 Å². The van der Waals surface area contributed by atoms with Gasteiger partial charge in [0.2, 0.25) is 0 Å². The van der Waals surface area contributed by atoms with Crippen LogP contribution in [0.1, 0.15) is 33.7 Å². The normalized spacial score (nSPS) is 18.3. The van der Waals surface area contributed by atoms with Gasteiger partial charge in [0.15, 0.2) is 17.5 Å². The molecular weight excluding hydrogens is 406 g/mol. The van der Waals surface area contributed by atoms with E-state index >= 15 is 0 Å². The molecule has 32 heavy (non-hydrogen) atoms. The van der Waals surface area contributed by atoms with Crippen LogP contribution in [0, 0.1) is 12.8 Å². The Balaban J connectivity index is 0.00000259. The number of rotatable bonds is 4. The van der Waals surface area contributed by atoms with Gasteiger partial charge in [-0.2, -0.15) is 5.10 Å². The second-order valence-corrected chi connectivity index (χ2v) is 8.97. The predicted octanol–water partition coefficient (Wildman–Crippen LogP) is 3.45. The Bertz CT molecular complexity index is 1140. The number of carbonyl (C=O) groups excluding carboxylic acids is 1. The van der Waals surface area contributed by atoms with Crippen LogP contribution in [0.3, 0.4) is 0 Å². The molecule has 0 atom stereocenters. The van der Waals surface area contributed by atoms with E-state index in [1.54, 1.807) is 6.20 Å². The number of fused-ring (bicyclic) bond motifs is 1. The van der Waals surface area contributed by atoms with Crippen LogP contribution >= 0.6 is 0 Å². The van der Waals surface area contributed by atoms with E-state index in [0.717, 1.165) is 66.6 Å². The van der Waals surface area contributed by atoms with Gasteiger partial charge in [-0.15, -0.1) is 0 Å². The summed E-state index contributed by atoms with van der Waals surface area (Å²) in [4.78, 5) is 28.7. The number of amides is 1. The zero-order valence-corrected chi connectivity index (χ0v) is 18.6. The van der Waals surface area contributed by atoms with Gasteiger partial charge in [-0.3, -0.25) is 9.89 Å². The molecule has 0 radical (unpaired) electrons. The fourth-order valence-electron chi connectivity index (χ4n) is 4.38. The number of hydrogen-bond donors (Lipinski definition) is 2. The van der Waals surface area contributed by atoms with E-state index in [1.165, 1.54) is 6.33 Å². The first-order chi connectivity index (χ1) is 15.4. The third-order valence-corrected chi connectivity index (χ3v) is 6.44. The van der Waals surface area contributed by atoms with Crippen molar-refractivity contribution in [1.29, 1.82) is 0 Å². The molecule has 0 bridgehead atoms. The summed E-state index contributed by atoms with van der Waals surface area (Å²) in [6, 6.07) is 6.08. The first-order valence-electron chi connectivity index (χ1n) is 10.9. The summed E-state index contributed by atoms with van der Waals surface area (Å²) < 4.78 is 5.52. The number of carbonyl (C=O) groups is 1. The van der Waals surface area contributed by atoms with E-state index in [0.29, 0.717) is 11.7 Å². The van der Waals surface area contributed by atoms with Crippen LogP contribution in [0.4, 0.5) is 11.6 Å². The number of H-pyrrole nitrogens is 1. The van der Waals surface area contributed by atoms with Crippen molar-refractivity contribution >= 4 is 17.5 Å². The van der Waals surface area contributed by atoms with E-state index < -0.39 is 5.54 Å². The van der Waals surface area contributed by atoms with Crippen LogP contribution < -0.4 is 10.2 Å². The lowest BCUT2D eigenvalue weighted by Crippen LogP contribution is -2.58. The molecule has 1 amide bonds. The largest absolute Gasteiger partial charge is 0.381 e. The molecule has 9 nitrogen and oxygen atoms in total. The van der Waals surface area contributed by atoms with Crippen molar-refractivity contribution in [3.63, 3.8) is 0 Å². The van der Waals surface area contributed by atoms with E-state index in [-0.39, 0.29) is 7.33 Å². The second kappa shape index (κ2) is 7.98. The average Bonchev–Trinajstić information content (AvgIpc) is 3.33. The number of aryl methyl sites for hydroxylation is 1. The van der Waals surface area contributed by atoms with E-state index in [4.69, 9.17) is 9.72 Å². The lowest BCUT2D eigenvalue weighted by Gasteiger charge is -2.44. The van der Waals surface area contributed by atoms with Crippen molar-refractivity contribution in [3.05, 3.63) is 36.3 Å². The Morgan fingerprint density at radius 2 is 2.06 bits per heavy atom. The molecule has 4 heterocycles. The Morgan fingerprint density at radius 1 is 1.25 bits per heavy atom. The number of nitrogens with one attached hydrogen (secondary N) is 2. The summed E-state index contributed by atoms with van der Waals surface area (Å²) in [5, 5.41) is 9.76. The summed E-state index contributed by atoms with van der Waals surface area (Å²) in [7, 11) is 0. The van der Waals surface area contributed by atoms with Crippen molar-refractivity contribution in [2.24, 2.45) is 5.92 Å². The quantitative estimate of drug-likeness (QED) is 0.646. The van der Waals surface area contributed by atoms with Gasteiger partial charge in [-0.25, -0.2) is 15.0 Å². The molecule has 0 aliphatic carbocycles. The molecule has 0 unspecified atom stereocenters. The van der Waals surface area contributed by atoms with Crippen molar-refractivity contribution in [1.82, 2.24) is 25.1 Å². The summed E-state index contributed by atoms with van der Waals surface area (Å²) in [6.45, 7) is 8.20. The van der Waals surface area contributed by atoms with Gasteiger partial charge < -0.3 is 15.0 Å². The summed E-state index contributed by atoms with van der Waals surface area (Å²) in [5.41, 5.74) is 3.06. The van der Waals surface area contributed by atoms with E-state index in [9.17, 15) is 4.79 Å². The Kier molecular flexibility index (Phi) is 5.13. The maximum absolute atomic E-state index is 12.8. The standard InChI is InChI=1S/C23H27N7O2.H2/c1-14-10-16(19-25-13-26-29-19)4-5-17(14)18-11-24-20-21(27-18)30(23(2,3)22(31)28-20)12-15-6-8-32-9-7-15;/h4-5,10-11,13,15H,6-9,12H2,1-3H3,(H,24,28,31)(H,25,26,29);1H. The minimum Gasteiger partial charge on any atom is -0.381 e. The molecule has 2 aliphatic heterocycles. The molecule has 1 fully saturated rings. The van der Waals surface area contributed by atoms with Gasteiger partial charge in [-0.1, -0.05) is 12.1 Å². The van der Waals surface area contributed by atoms with Gasteiger partial charge in [-0.05, 0) is 51.2 Å². The highest BCUT2D eigenvalue weighted by Crippen LogP contribution is 2.37. The van der Waals surface area contributed by atoms with Gasteiger partial charge >= 0.3 is 0 Å². The first-order valence-corrected chi connectivity index (χ1v) is 10.9. The molecule has 3 aromatic rings. The maximum atomic E-state index is 12.8. The zero-order valence-electron chi connectivity index (χ0n) is 18.6. The number of benzene rings is 1.